The van der Waals surface area contributed by atoms with Gasteiger partial charge < -0.3 is 9.47 Å². The molecule has 34 heavy (non-hydrogen) atoms. The maximum atomic E-state index is 13.0. The van der Waals surface area contributed by atoms with Crippen molar-refractivity contribution in [2.75, 3.05) is 6.61 Å². The van der Waals surface area contributed by atoms with Gasteiger partial charge in [-0.05, 0) is 42.7 Å². The Bertz CT molecular complexity index is 1170. The van der Waals surface area contributed by atoms with E-state index in [2.05, 4.69) is 20.8 Å². The minimum Gasteiger partial charge on any atom is -0.460 e. The minimum absolute atomic E-state index is 0.0293. The molecule has 0 saturated heterocycles. The Balaban J connectivity index is 1.47. The molecule has 7 heteroatoms. The van der Waals surface area contributed by atoms with E-state index < -0.39 is 24.3 Å². The Hall–Kier alpha value is -2.99. The fraction of sp³-hybridized carbons (Fsp3) is 0.407. The highest BCUT2D eigenvalue weighted by molar-refractivity contribution is 6.41. The van der Waals surface area contributed by atoms with E-state index in [1.54, 1.807) is 24.3 Å². The Labute approximate surface area is 203 Å². The van der Waals surface area contributed by atoms with Crippen molar-refractivity contribution in [1.29, 1.82) is 0 Å². The zero-order valence-corrected chi connectivity index (χ0v) is 20.2. The Kier molecular flexibility index (Phi) is 6.89. The van der Waals surface area contributed by atoms with Crippen molar-refractivity contribution in [2.24, 2.45) is 17.8 Å². The van der Waals surface area contributed by atoms with E-state index in [4.69, 9.17) is 21.1 Å². The Morgan fingerprint density at radius 3 is 2.35 bits per heavy atom. The van der Waals surface area contributed by atoms with Crippen LogP contribution in [-0.2, 0) is 14.3 Å². The molecule has 0 unspecified atom stereocenters. The van der Waals surface area contributed by atoms with E-state index in [0.29, 0.717) is 17.4 Å². The zero-order chi connectivity index (χ0) is 24.6. The summed E-state index contributed by atoms with van der Waals surface area (Å²) in [5, 5.41) is -0.162. The van der Waals surface area contributed by atoms with Crippen molar-refractivity contribution >= 4 is 35.1 Å². The van der Waals surface area contributed by atoms with E-state index in [1.165, 1.54) is 12.1 Å². The lowest BCUT2D eigenvalue weighted by molar-refractivity contribution is -0.159. The van der Waals surface area contributed by atoms with Crippen molar-refractivity contribution in [2.45, 2.75) is 46.1 Å². The predicted octanol–water partition coefficient (Wildman–Crippen LogP) is 5.28. The molecule has 178 valence electrons. The summed E-state index contributed by atoms with van der Waals surface area (Å²) in [7, 11) is 0. The summed E-state index contributed by atoms with van der Waals surface area (Å²) in [4.78, 5) is 50.9. The molecule has 0 aromatic heterocycles. The third kappa shape index (κ3) is 4.51. The van der Waals surface area contributed by atoms with Crippen molar-refractivity contribution in [3.8, 4) is 0 Å². The van der Waals surface area contributed by atoms with E-state index in [1.807, 2.05) is 0 Å². The molecule has 0 heterocycles. The Morgan fingerprint density at radius 1 is 1.00 bits per heavy atom. The van der Waals surface area contributed by atoms with Gasteiger partial charge in [-0.15, -0.1) is 0 Å². The average molecular weight is 483 g/mol. The van der Waals surface area contributed by atoms with Gasteiger partial charge in [-0.1, -0.05) is 63.1 Å². The van der Waals surface area contributed by atoms with Crippen molar-refractivity contribution in [1.82, 2.24) is 0 Å². The molecule has 0 aliphatic heterocycles. The van der Waals surface area contributed by atoms with Crippen LogP contribution in [0.1, 0.15) is 82.2 Å². The fourth-order valence-corrected chi connectivity index (χ4v) is 5.29. The van der Waals surface area contributed by atoms with Gasteiger partial charge in [-0.25, -0.2) is 9.59 Å². The number of hydrogen-bond donors (Lipinski definition) is 0. The molecule has 0 bridgehead atoms. The predicted molar refractivity (Wildman–Crippen MR) is 126 cm³/mol. The molecule has 0 N–H and O–H groups in total. The van der Waals surface area contributed by atoms with Gasteiger partial charge in [0.15, 0.2) is 18.2 Å². The summed E-state index contributed by atoms with van der Waals surface area (Å²) in [6.07, 6.45) is 2.69. The van der Waals surface area contributed by atoms with Crippen LogP contribution in [0.4, 0.5) is 0 Å². The highest BCUT2D eigenvalue weighted by atomic mass is 35.5. The summed E-state index contributed by atoms with van der Waals surface area (Å²) >= 11 is 6.40. The molecular formula is C27H27ClO6. The molecule has 2 aromatic rings. The van der Waals surface area contributed by atoms with E-state index in [9.17, 15) is 19.2 Å². The molecule has 2 aliphatic carbocycles. The van der Waals surface area contributed by atoms with Gasteiger partial charge in [0.2, 0.25) is 0 Å². The van der Waals surface area contributed by atoms with Crippen LogP contribution in [0.25, 0.3) is 0 Å². The molecular weight excluding hydrogens is 456 g/mol. The first-order valence-corrected chi connectivity index (χ1v) is 11.9. The van der Waals surface area contributed by atoms with Crippen LogP contribution in [0, 0.1) is 17.8 Å². The van der Waals surface area contributed by atoms with Crippen LogP contribution >= 0.6 is 11.6 Å². The van der Waals surface area contributed by atoms with Gasteiger partial charge in [0.1, 0.15) is 6.10 Å². The van der Waals surface area contributed by atoms with Gasteiger partial charge in [-0.2, -0.15) is 0 Å². The number of ketones is 2. The molecule has 1 fully saturated rings. The third-order valence-corrected chi connectivity index (χ3v) is 7.21. The van der Waals surface area contributed by atoms with Gasteiger partial charge in [0, 0.05) is 16.7 Å². The summed E-state index contributed by atoms with van der Waals surface area (Å²) in [6.45, 7) is 5.81. The average Bonchev–Trinajstić information content (AvgIpc) is 2.80. The van der Waals surface area contributed by atoms with Gasteiger partial charge in [0.25, 0.3) is 0 Å². The normalized spacial score (nSPS) is 21.6. The molecule has 6 nitrogen and oxygen atoms in total. The number of halogens is 1. The fourth-order valence-electron chi connectivity index (χ4n) is 4.96. The first-order valence-electron chi connectivity index (χ1n) is 11.6. The number of benzene rings is 2. The molecule has 2 aromatic carbocycles. The van der Waals surface area contributed by atoms with Gasteiger partial charge in [0.05, 0.1) is 16.1 Å². The largest absolute Gasteiger partial charge is 0.460 e. The lowest BCUT2D eigenvalue weighted by Crippen LogP contribution is -2.36. The summed E-state index contributed by atoms with van der Waals surface area (Å²) in [5.41, 5.74) is 0.553. The standard InChI is InChI=1S/C27H27ClO6/c1-14(2)16-9-8-15(3)12-21(16)34-22(29)13-33-27(32)20-11-10-19-23(24(20)28)26(31)18-7-5-4-6-17(18)25(19)30/h4-7,10-11,14-16,21H,8-9,12-13H2,1-3H3/t15-,16-,21+/m0/s1. The third-order valence-electron chi connectivity index (χ3n) is 6.82. The number of ether oxygens (including phenoxy) is 2. The monoisotopic (exact) mass is 482 g/mol. The van der Waals surface area contributed by atoms with Crippen LogP contribution in [0.2, 0.25) is 5.02 Å². The van der Waals surface area contributed by atoms with Crippen molar-refractivity contribution < 1.29 is 28.7 Å². The SMILES string of the molecule is CC(C)[C@@H]1CC[C@H](C)C[C@H]1OC(=O)COC(=O)c1ccc2c(c1Cl)C(=O)c1ccccc1C2=O. The molecule has 2 aliphatic rings. The summed E-state index contributed by atoms with van der Waals surface area (Å²) in [5.74, 6) is -1.12. The van der Waals surface area contributed by atoms with E-state index in [0.717, 1.165) is 19.3 Å². The van der Waals surface area contributed by atoms with E-state index in [-0.39, 0.29) is 45.1 Å². The number of carbonyl (C=O) groups excluding carboxylic acids is 4. The van der Waals surface area contributed by atoms with Crippen LogP contribution in [0.3, 0.4) is 0 Å². The smallest absolute Gasteiger partial charge is 0.344 e. The second-order valence-corrected chi connectivity index (χ2v) is 9.86. The van der Waals surface area contributed by atoms with Crippen LogP contribution in [0.5, 0.6) is 0 Å². The maximum Gasteiger partial charge on any atom is 0.344 e. The lowest BCUT2D eigenvalue weighted by atomic mass is 9.75. The minimum atomic E-state index is -0.860. The van der Waals surface area contributed by atoms with Crippen molar-refractivity contribution in [3.05, 3.63) is 69.2 Å². The maximum absolute atomic E-state index is 13.0. The molecule has 1 saturated carbocycles. The van der Waals surface area contributed by atoms with Crippen molar-refractivity contribution in [3.63, 3.8) is 0 Å². The Morgan fingerprint density at radius 2 is 1.68 bits per heavy atom. The lowest BCUT2D eigenvalue weighted by Gasteiger charge is -2.36. The second-order valence-electron chi connectivity index (χ2n) is 9.48. The highest BCUT2D eigenvalue weighted by Gasteiger charge is 2.35. The molecule has 0 spiro atoms. The number of fused-ring (bicyclic) bond motifs is 2. The number of esters is 2. The molecule has 3 atom stereocenters. The molecule has 0 amide bonds. The summed E-state index contributed by atoms with van der Waals surface area (Å²) in [6, 6.07) is 9.19. The number of rotatable bonds is 5. The first kappa shape index (κ1) is 24.1. The summed E-state index contributed by atoms with van der Waals surface area (Å²) < 4.78 is 10.8. The van der Waals surface area contributed by atoms with Crippen LogP contribution in [-0.4, -0.2) is 36.2 Å². The molecule has 4 rings (SSSR count). The van der Waals surface area contributed by atoms with E-state index >= 15 is 0 Å². The molecule has 0 radical (unpaired) electrons. The topological polar surface area (TPSA) is 86.7 Å². The quantitative estimate of drug-likeness (QED) is 0.460. The number of carbonyl (C=O) groups is 4. The van der Waals surface area contributed by atoms with Crippen LogP contribution in [0.15, 0.2) is 36.4 Å². The van der Waals surface area contributed by atoms with Gasteiger partial charge in [-0.3, -0.25) is 9.59 Å². The second kappa shape index (κ2) is 9.71. The zero-order valence-electron chi connectivity index (χ0n) is 19.4. The first-order chi connectivity index (χ1) is 16.2. The van der Waals surface area contributed by atoms with Crippen LogP contribution < -0.4 is 0 Å². The van der Waals surface area contributed by atoms with Gasteiger partial charge >= 0.3 is 11.9 Å². The highest BCUT2D eigenvalue weighted by Crippen LogP contribution is 2.36. The number of hydrogen-bond acceptors (Lipinski definition) is 6.